The topological polar surface area (TPSA) is 70.7 Å². The van der Waals surface area contributed by atoms with Crippen molar-refractivity contribution < 1.29 is 18.7 Å². The van der Waals surface area contributed by atoms with Crippen LogP contribution < -0.4 is 15.5 Å². The predicted molar refractivity (Wildman–Crippen MR) is 90.7 cm³/mol. The van der Waals surface area contributed by atoms with Gasteiger partial charge in [0.2, 0.25) is 6.41 Å². The molecular weight excluding hydrogens is 313 g/mol. The standard InChI is InChI=1S/C17H24FN3O3/c1-17(2,3)24-16(23)20-12-7-9-21(10-8-12)14-6-4-5-13(18)15(14)19-11-22/h4-6,11-12H,7-10H2,1-3H3,(H,19,22)(H,20,23). The Hall–Kier alpha value is -2.31. The Morgan fingerprint density at radius 1 is 1.33 bits per heavy atom. The average Bonchev–Trinajstić information content (AvgIpc) is 2.48. The Kier molecular flexibility index (Phi) is 5.64. The Labute approximate surface area is 141 Å². The molecule has 0 unspecified atom stereocenters. The lowest BCUT2D eigenvalue weighted by atomic mass is 10.0. The maximum Gasteiger partial charge on any atom is 0.407 e. The van der Waals surface area contributed by atoms with Crippen molar-refractivity contribution in [2.75, 3.05) is 23.3 Å². The second kappa shape index (κ2) is 7.51. The van der Waals surface area contributed by atoms with Gasteiger partial charge in [-0.3, -0.25) is 4.79 Å². The fraction of sp³-hybridized carbons (Fsp3) is 0.529. The van der Waals surface area contributed by atoms with E-state index in [-0.39, 0.29) is 11.7 Å². The van der Waals surface area contributed by atoms with Crippen molar-refractivity contribution in [3.8, 4) is 0 Å². The van der Waals surface area contributed by atoms with E-state index in [0.29, 0.717) is 25.2 Å². The molecule has 2 N–H and O–H groups in total. The minimum atomic E-state index is -0.526. The summed E-state index contributed by atoms with van der Waals surface area (Å²) in [5.41, 5.74) is 0.311. The van der Waals surface area contributed by atoms with Crippen LogP contribution in [0.25, 0.3) is 0 Å². The molecule has 2 rings (SSSR count). The number of benzene rings is 1. The minimum Gasteiger partial charge on any atom is -0.444 e. The summed E-state index contributed by atoms with van der Waals surface area (Å²) in [5, 5.41) is 5.29. The number of carbonyl (C=O) groups is 2. The Bertz CT molecular complexity index is 593. The quantitative estimate of drug-likeness (QED) is 0.829. The minimum absolute atomic E-state index is 0.0205. The molecule has 0 aromatic heterocycles. The summed E-state index contributed by atoms with van der Waals surface area (Å²) in [7, 11) is 0. The molecule has 1 aromatic rings. The average molecular weight is 337 g/mol. The largest absolute Gasteiger partial charge is 0.444 e. The van der Waals surface area contributed by atoms with Gasteiger partial charge in [-0.05, 0) is 45.7 Å². The van der Waals surface area contributed by atoms with Gasteiger partial charge in [0, 0.05) is 19.1 Å². The molecule has 0 atom stereocenters. The van der Waals surface area contributed by atoms with Crippen LogP contribution in [0.4, 0.5) is 20.6 Å². The van der Waals surface area contributed by atoms with Gasteiger partial charge in [0.25, 0.3) is 0 Å². The SMILES string of the molecule is CC(C)(C)OC(=O)NC1CCN(c2cccc(F)c2NC=O)CC1. The van der Waals surface area contributed by atoms with E-state index in [2.05, 4.69) is 10.6 Å². The molecule has 132 valence electrons. The molecular formula is C17H24FN3O3. The molecule has 6 nitrogen and oxygen atoms in total. The van der Waals surface area contributed by atoms with E-state index in [1.165, 1.54) is 6.07 Å². The Morgan fingerprint density at radius 2 is 2.00 bits per heavy atom. The summed E-state index contributed by atoms with van der Waals surface area (Å²) in [6, 6.07) is 4.72. The molecule has 1 saturated heterocycles. The molecule has 0 bridgehead atoms. The molecule has 0 spiro atoms. The summed E-state index contributed by atoms with van der Waals surface area (Å²) < 4.78 is 19.1. The highest BCUT2D eigenvalue weighted by molar-refractivity contribution is 5.81. The lowest BCUT2D eigenvalue weighted by molar-refractivity contribution is -0.105. The molecule has 1 heterocycles. The van der Waals surface area contributed by atoms with E-state index in [4.69, 9.17) is 4.74 Å². The van der Waals surface area contributed by atoms with E-state index >= 15 is 0 Å². The van der Waals surface area contributed by atoms with Crippen molar-refractivity contribution in [1.29, 1.82) is 0 Å². The summed E-state index contributed by atoms with van der Waals surface area (Å²) >= 11 is 0. The molecule has 7 heteroatoms. The van der Waals surface area contributed by atoms with Crippen molar-refractivity contribution in [3.05, 3.63) is 24.0 Å². The highest BCUT2D eigenvalue weighted by Crippen LogP contribution is 2.30. The number of alkyl carbamates (subject to hydrolysis) is 1. The van der Waals surface area contributed by atoms with Gasteiger partial charge >= 0.3 is 6.09 Å². The van der Waals surface area contributed by atoms with Gasteiger partial charge in [-0.1, -0.05) is 6.07 Å². The first-order chi connectivity index (χ1) is 11.3. The van der Waals surface area contributed by atoms with Crippen molar-refractivity contribution in [2.24, 2.45) is 0 Å². The number of piperidine rings is 1. The molecule has 1 aromatic carbocycles. The van der Waals surface area contributed by atoms with Crippen molar-refractivity contribution in [2.45, 2.75) is 45.3 Å². The Balaban J connectivity index is 1.95. The number of para-hydroxylation sites is 1. The number of rotatable bonds is 4. The summed E-state index contributed by atoms with van der Waals surface area (Å²) in [4.78, 5) is 24.5. The van der Waals surface area contributed by atoms with Gasteiger partial charge in [0.15, 0.2) is 0 Å². The normalized spacial score (nSPS) is 15.8. The number of hydrogen-bond acceptors (Lipinski definition) is 4. The van der Waals surface area contributed by atoms with E-state index in [0.717, 1.165) is 12.8 Å². The molecule has 0 saturated carbocycles. The van der Waals surface area contributed by atoms with Crippen LogP contribution in [0, 0.1) is 5.82 Å². The van der Waals surface area contributed by atoms with Gasteiger partial charge in [-0.2, -0.15) is 0 Å². The first kappa shape index (κ1) is 18.0. The maximum atomic E-state index is 13.9. The lowest BCUT2D eigenvalue weighted by Gasteiger charge is -2.35. The van der Waals surface area contributed by atoms with Gasteiger partial charge in [-0.25, -0.2) is 9.18 Å². The second-order valence-corrected chi connectivity index (χ2v) is 6.80. The Morgan fingerprint density at radius 3 is 2.58 bits per heavy atom. The number of anilines is 2. The monoisotopic (exact) mass is 337 g/mol. The van der Waals surface area contributed by atoms with E-state index < -0.39 is 17.5 Å². The van der Waals surface area contributed by atoms with E-state index in [1.807, 2.05) is 25.7 Å². The number of hydrogen-bond donors (Lipinski definition) is 2. The van der Waals surface area contributed by atoms with E-state index in [9.17, 15) is 14.0 Å². The number of nitrogens with zero attached hydrogens (tertiary/aromatic N) is 1. The van der Waals surface area contributed by atoms with Gasteiger partial charge in [-0.15, -0.1) is 0 Å². The van der Waals surface area contributed by atoms with Gasteiger partial charge in [0.1, 0.15) is 17.1 Å². The zero-order valence-electron chi connectivity index (χ0n) is 14.3. The molecule has 0 aliphatic carbocycles. The number of amides is 2. The highest BCUT2D eigenvalue weighted by Gasteiger charge is 2.25. The lowest BCUT2D eigenvalue weighted by Crippen LogP contribution is -2.46. The number of ether oxygens (including phenoxy) is 1. The molecule has 1 fully saturated rings. The molecule has 24 heavy (non-hydrogen) atoms. The van der Waals surface area contributed by atoms with Crippen LogP contribution in [-0.2, 0) is 9.53 Å². The van der Waals surface area contributed by atoms with Crippen LogP contribution >= 0.6 is 0 Å². The van der Waals surface area contributed by atoms with E-state index in [1.54, 1.807) is 12.1 Å². The molecule has 1 aliphatic rings. The van der Waals surface area contributed by atoms with Gasteiger partial charge in [0.05, 0.1) is 5.69 Å². The van der Waals surface area contributed by atoms with Crippen LogP contribution in [0.1, 0.15) is 33.6 Å². The third-order valence-corrected chi connectivity index (χ3v) is 3.75. The summed E-state index contributed by atoms with van der Waals surface area (Å²) in [6.45, 7) is 6.76. The van der Waals surface area contributed by atoms with Crippen LogP contribution in [0.15, 0.2) is 18.2 Å². The van der Waals surface area contributed by atoms with Crippen molar-refractivity contribution in [3.63, 3.8) is 0 Å². The van der Waals surface area contributed by atoms with Crippen LogP contribution in [0.3, 0.4) is 0 Å². The molecule has 1 aliphatic heterocycles. The third kappa shape index (κ3) is 4.84. The zero-order valence-corrected chi connectivity index (χ0v) is 14.3. The smallest absolute Gasteiger partial charge is 0.407 e. The predicted octanol–water partition coefficient (Wildman–Crippen LogP) is 2.89. The summed E-state index contributed by atoms with van der Waals surface area (Å²) in [6.07, 6.45) is 1.49. The number of nitrogens with one attached hydrogen (secondary N) is 2. The number of halogens is 1. The van der Waals surface area contributed by atoms with Crippen LogP contribution in [0.2, 0.25) is 0 Å². The summed E-state index contributed by atoms with van der Waals surface area (Å²) in [5.74, 6) is -0.464. The van der Waals surface area contributed by atoms with Crippen LogP contribution in [0.5, 0.6) is 0 Å². The first-order valence-corrected chi connectivity index (χ1v) is 8.03. The zero-order chi connectivity index (χ0) is 17.7. The fourth-order valence-corrected chi connectivity index (χ4v) is 2.72. The van der Waals surface area contributed by atoms with Crippen molar-refractivity contribution in [1.82, 2.24) is 5.32 Å². The maximum absolute atomic E-state index is 13.9. The molecule has 0 radical (unpaired) electrons. The first-order valence-electron chi connectivity index (χ1n) is 8.03. The van der Waals surface area contributed by atoms with Gasteiger partial charge < -0.3 is 20.3 Å². The highest BCUT2D eigenvalue weighted by atomic mass is 19.1. The third-order valence-electron chi connectivity index (χ3n) is 3.75. The molecule has 2 amide bonds. The second-order valence-electron chi connectivity index (χ2n) is 6.80. The fourth-order valence-electron chi connectivity index (χ4n) is 2.72. The van der Waals surface area contributed by atoms with Crippen molar-refractivity contribution >= 4 is 23.9 Å². The number of carbonyl (C=O) groups excluding carboxylic acids is 2. The van der Waals surface area contributed by atoms with Crippen LogP contribution in [-0.4, -0.2) is 37.2 Å².